The maximum absolute atomic E-state index is 5.26. The van der Waals surface area contributed by atoms with Gasteiger partial charge in [-0.1, -0.05) is 41.9 Å². The molecular formula is C14H21BrO. The molecule has 0 heterocycles. The summed E-state index contributed by atoms with van der Waals surface area (Å²) in [4.78, 5) is 0.458. The Labute approximate surface area is 107 Å². The van der Waals surface area contributed by atoms with E-state index in [-0.39, 0.29) is 0 Å². The summed E-state index contributed by atoms with van der Waals surface area (Å²) in [6.07, 6.45) is 2.43. The van der Waals surface area contributed by atoms with Crippen LogP contribution in [0.1, 0.15) is 42.6 Å². The zero-order valence-corrected chi connectivity index (χ0v) is 12.2. The molecule has 0 fully saturated rings. The highest BCUT2D eigenvalue weighted by Gasteiger charge is 2.10. The third-order valence-electron chi connectivity index (χ3n) is 2.78. The van der Waals surface area contributed by atoms with Gasteiger partial charge in [0.05, 0.1) is 7.11 Å². The molecule has 0 radical (unpaired) electrons. The Kier molecular flexibility index (Phi) is 5.33. The second kappa shape index (κ2) is 6.29. The summed E-state index contributed by atoms with van der Waals surface area (Å²) in [5.74, 6) is 1.73. The van der Waals surface area contributed by atoms with Crippen molar-refractivity contribution in [2.75, 3.05) is 7.11 Å². The van der Waals surface area contributed by atoms with Crippen LogP contribution in [0.2, 0.25) is 0 Å². The van der Waals surface area contributed by atoms with E-state index in [0.29, 0.717) is 4.83 Å². The molecule has 0 amide bonds. The first kappa shape index (κ1) is 13.6. The van der Waals surface area contributed by atoms with Crippen molar-refractivity contribution in [3.05, 3.63) is 29.3 Å². The normalized spacial score (nSPS) is 12.9. The van der Waals surface area contributed by atoms with E-state index in [4.69, 9.17) is 4.74 Å². The minimum Gasteiger partial charge on any atom is -0.496 e. The van der Waals surface area contributed by atoms with Crippen molar-refractivity contribution in [3.63, 3.8) is 0 Å². The summed E-state index contributed by atoms with van der Waals surface area (Å²) < 4.78 is 5.26. The Bertz CT molecular complexity index is 334. The van der Waals surface area contributed by atoms with Gasteiger partial charge in [0.1, 0.15) is 5.75 Å². The van der Waals surface area contributed by atoms with Crippen molar-refractivity contribution in [1.29, 1.82) is 0 Å². The number of benzene rings is 1. The number of rotatable bonds is 5. The smallest absolute Gasteiger partial charge is 0.121 e. The maximum atomic E-state index is 5.26. The highest BCUT2D eigenvalue weighted by molar-refractivity contribution is 9.09. The molecule has 1 aromatic rings. The highest BCUT2D eigenvalue weighted by Crippen LogP contribution is 2.31. The predicted molar refractivity (Wildman–Crippen MR) is 73.5 cm³/mol. The van der Waals surface area contributed by atoms with Gasteiger partial charge >= 0.3 is 0 Å². The Morgan fingerprint density at radius 1 is 1.25 bits per heavy atom. The molecule has 1 aromatic carbocycles. The Morgan fingerprint density at radius 2 is 1.94 bits per heavy atom. The highest BCUT2D eigenvalue weighted by atomic mass is 79.9. The lowest BCUT2D eigenvalue weighted by Crippen LogP contribution is -1.96. The zero-order chi connectivity index (χ0) is 12.1. The minimum atomic E-state index is 0.458. The number of methoxy groups -OCH3 is 1. The molecule has 0 saturated carbocycles. The average molecular weight is 285 g/mol. The third kappa shape index (κ3) is 3.82. The molecule has 0 spiro atoms. The van der Waals surface area contributed by atoms with E-state index < -0.39 is 0 Å². The van der Waals surface area contributed by atoms with Gasteiger partial charge in [0, 0.05) is 4.83 Å². The van der Waals surface area contributed by atoms with Gasteiger partial charge < -0.3 is 4.74 Å². The van der Waals surface area contributed by atoms with Crippen LogP contribution >= 0.6 is 15.9 Å². The van der Waals surface area contributed by atoms with E-state index in [9.17, 15) is 0 Å². The lowest BCUT2D eigenvalue weighted by Gasteiger charge is -2.13. The van der Waals surface area contributed by atoms with Gasteiger partial charge in [-0.25, -0.2) is 0 Å². The van der Waals surface area contributed by atoms with Crippen LogP contribution in [0, 0.1) is 12.8 Å². The molecule has 0 aliphatic rings. The Hall–Kier alpha value is -0.500. The fourth-order valence-electron chi connectivity index (χ4n) is 1.74. The van der Waals surface area contributed by atoms with Crippen LogP contribution in [0.25, 0.3) is 0 Å². The van der Waals surface area contributed by atoms with Crippen LogP contribution in [0.5, 0.6) is 5.75 Å². The van der Waals surface area contributed by atoms with E-state index in [2.05, 4.69) is 48.8 Å². The van der Waals surface area contributed by atoms with E-state index in [1.165, 1.54) is 24.0 Å². The van der Waals surface area contributed by atoms with Gasteiger partial charge in [-0.15, -0.1) is 0 Å². The molecule has 1 nitrogen and oxygen atoms in total. The van der Waals surface area contributed by atoms with Crippen molar-refractivity contribution >= 4 is 15.9 Å². The SMILES string of the molecule is COc1ccc(C(Br)CCC(C)C)cc1C. The van der Waals surface area contributed by atoms with Gasteiger partial charge in [-0.3, -0.25) is 0 Å². The van der Waals surface area contributed by atoms with E-state index in [0.717, 1.165) is 11.7 Å². The lowest BCUT2D eigenvalue weighted by atomic mass is 10.0. The van der Waals surface area contributed by atoms with E-state index in [1.54, 1.807) is 7.11 Å². The van der Waals surface area contributed by atoms with Gasteiger partial charge in [0.2, 0.25) is 0 Å². The van der Waals surface area contributed by atoms with Gasteiger partial charge in [-0.05, 0) is 42.9 Å². The molecule has 90 valence electrons. The molecule has 1 atom stereocenters. The van der Waals surface area contributed by atoms with Crippen LogP contribution < -0.4 is 4.74 Å². The van der Waals surface area contributed by atoms with E-state index >= 15 is 0 Å². The summed E-state index contributed by atoms with van der Waals surface area (Å²) in [6, 6.07) is 6.40. The van der Waals surface area contributed by atoms with Gasteiger partial charge in [0.25, 0.3) is 0 Å². The van der Waals surface area contributed by atoms with Gasteiger partial charge in [0.15, 0.2) is 0 Å². The Morgan fingerprint density at radius 3 is 2.44 bits per heavy atom. The molecule has 0 aliphatic carbocycles. The summed E-state index contributed by atoms with van der Waals surface area (Å²) in [5.41, 5.74) is 2.55. The summed E-state index contributed by atoms with van der Waals surface area (Å²) in [7, 11) is 1.71. The number of hydrogen-bond donors (Lipinski definition) is 0. The fourth-order valence-corrected chi connectivity index (χ4v) is 2.29. The second-order valence-corrected chi connectivity index (χ2v) is 5.77. The third-order valence-corrected chi connectivity index (χ3v) is 3.76. The largest absolute Gasteiger partial charge is 0.496 e. The molecule has 1 unspecified atom stereocenters. The number of aryl methyl sites for hydroxylation is 1. The monoisotopic (exact) mass is 284 g/mol. The standard InChI is InChI=1S/C14H21BrO/c1-10(2)5-7-13(15)12-6-8-14(16-4)11(3)9-12/h6,8-10,13H,5,7H2,1-4H3. The first-order valence-corrected chi connectivity index (χ1v) is 6.74. The quantitative estimate of drug-likeness (QED) is 0.701. The molecule has 0 aromatic heterocycles. The van der Waals surface area contributed by atoms with Crippen LogP contribution in [-0.4, -0.2) is 7.11 Å². The minimum absolute atomic E-state index is 0.458. The number of halogens is 1. The van der Waals surface area contributed by atoms with Crippen LogP contribution in [0.3, 0.4) is 0 Å². The second-order valence-electron chi connectivity index (χ2n) is 4.67. The first-order chi connectivity index (χ1) is 7.54. The summed E-state index contributed by atoms with van der Waals surface area (Å²) in [6.45, 7) is 6.61. The van der Waals surface area contributed by atoms with Crippen molar-refractivity contribution in [2.24, 2.45) is 5.92 Å². The zero-order valence-electron chi connectivity index (χ0n) is 10.6. The topological polar surface area (TPSA) is 9.23 Å². The average Bonchev–Trinajstić information content (AvgIpc) is 2.25. The van der Waals surface area contributed by atoms with E-state index in [1.807, 2.05) is 6.07 Å². The predicted octanol–water partition coefficient (Wildman–Crippen LogP) is 4.88. The molecule has 1 rings (SSSR count). The molecule has 2 heteroatoms. The number of ether oxygens (including phenoxy) is 1. The molecule has 16 heavy (non-hydrogen) atoms. The molecule has 0 aliphatic heterocycles. The van der Waals surface area contributed by atoms with Crippen molar-refractivity contribution in [3.8, 4) is 5.75 Å². The lowest BCUT2D eigenvalue weighted by molar-refractivity contribution is 0.411. The molecule has 0 N–H and O–H groups in total. The van der Waals surface area contributed by atoms with Crippen molar-refractivity contribution < 1.29 is 4.74 Å². The van der Waals surface area contributed by atoms with Crippen LogP contribution in [-0.2, 0) is 0 Å². The fraction of sp³-hybridized carbons (Fsp3) is 0.571. The Balaban J connectivity index is 2.69. The number of alkyl halides is 1. The van der Waals surface area contributed by atoms with Gasteiger partial charge in [-0.2, -0.15) is 0 Å². The van der Waals surface area contributed by atoms with Crippen LogP contribution in [0.4, 0.5) is 0 Å². The molecular weight excluding hydrogens is 264 g/mol. The van der Waals surface area contributed by atoms with Crippen molar-refractivity contribution in [1.82, 2.24) is 0 Å². The molecule has 0 saturated heterocycles. The number of hydrogen-bond acceptors (Lipinski definition) is 1. The first-order valence-electron chi connectivity index (χ1n) is 5.83. The summed E-state index contributed by atoms with van der Waals surface area (Å²) >= 11 is 3.75. The van der Waals surface area contributed by atoms with Crippen molar-refractivity contribution in [2.45, 2.75) is 38.4 Å². The maximum Gasteiger partial charge on any atom is 0.121 e. The van der Waals surface area contributed by atoms with Crippen LogP contribution in [0.15, 0.2) is 18.2 Å². The molecule has 0 bridgehead atoms. The summed E-state index contributed by atoms with van der Waals surface area (Å²) in [5, 5.41) is 0.